The smallest absolute Gasteiger partial charge is 0.274 e. The summed E-state index contributed by atoms with van der Waals surface area (Å²) in [4.78, 5) is 17.4. The van der Waals surface area contributed by atoms with Gasteiger partial charge in [-0.15, -0.1) is 0 Å². The van der Waals surface area contributed by atoms with Crippen molar-refractivity contribution < 1.29 is 9.53 Å². The third kappa shape index (κ3) is 4.95. The number of benzene rings is 1. The molecule has 2 saturated heterocycles. The van der Waals surface area contributed by atoms with E-state index in [1.165, 1.54) is 12.0 Å². The lowest BCUT2D eigenvalue weighted by atomic mass is 9.77. The number of hydrogen-bond donors (Lipinski definition) is 0. The minimum absolute atomic E-state index is 0.0737. The van der Waals surface area contributed by atoms with Crippen LogP contribution < -0.4 is 4.74 Å². The maximum atomic E-state index is 12.8. The predicted octanol–water partition coefficient (Wildman–Crippen LogP) is 3.89. The van der Waals surface area contributed by atoms with Gasteiger partial charge in [0.15, 0.2) is 5.69 Å². The van der Waals surface area contributed by atoms with Gasteiger partial charge in [-0.3, -0.25) is 14.4 Å². The summed E-state index contributed by atoms with van der Waals surface area (Å²) in [5.74, 6) is 1.61. The first-order chi connectivity index (χ1) is 14.8. The van der Waals surface area contributed by atoms with Crippen molar-refractivity contribution in [1.29, 1.82) is 0 Å². The van der Waals surface area contributed by atoms with Crippen molar-refractivity contribution in [2.75, 3.05) is 32.8 Å². The first kappa shape index (κ1) is 21.9. The second-order valence-corrected chi connectivity index (χ2v) is 9.86. The summed E-state index contributed by atoms with van der Waals surface area (Å²) in [6.07, 6.45) is 3.37. The third-order valence-corrected chi connectivity index (χ3v) is 6.90. The van der Waals surface area contributed by atoms with Gasteiger partial charge in [0.1, 0.15) is 5.75 Å². The van der Waals surface area contributed by atoms with Gasteiger partial charge in [0, 0.05) is 44.5 Å². The number of aromatic nitrogens is 2. The molecule has 6 nitrogen and oxygen atoms in total. The standard InChI is InChI=1S/C25H36N4O2/c1-19(2)17-31-23-8-6-5-7-21(23)16-28-12-9-25(18-28)10-13-29(14-11-25)24(30)22-15-20(3)27(4)26-22/h5-8,15,19H,9-14,16-18H2,1-4H3. The van der Waals surface area contributed by atoms with E-state index in [-0.39, 0.29) is 5.91 Å². The molecule has 1 aromatic heterocycles. The average Bonchev–Trinajstić information content (AvgIpc) is 3.30. The highest BCUT2D eigenvalue weighted by molar-refractivity contribution is 5.92. The van der Waals surface area contributed by atoms with E-state index in [2.05, 4.69) is 48.1 Å². The number of carbonyl (C=O) groups is 1. The molecule has 0 aliphatic carbocycles. The molecule has 31 heavy (non-hydrogen) atoms. The number of likely N-dealkylation sites (tertiary alicyclic amines) is 2. The van der Waals surface area contributed by atoms with Crippen molar-refractivity contribution in [2.45, 2.75) is 46.6 Å². The Hall–Kier alpha value is -2.34. The monoisotopic (exact) mass is 424 g/mol. The molecule has 4 rings (SSSR count). The summed E-state index contributed by atoms with van der Waals surface area (Å²) in [6, 6.07) is 10.3. The van der Waals surface area contributed by atoms with Crippen LogP contribution in [0.15, 0.2) is 30.3 Å². The van der Waals surface area contributed by atoms with Gasteiger partial charge in [-0.1, -0.05) is 32.0 Å². The minimum atomic E-state index is 0.0737. The average molecular weight is 425 g/mol. The number of aryl methyl sites for hydroxylation is 2. The summed E-state index contributed by atoms with van der Waals surface area (Å²) in [7, 11) is 1.89. The Morgan fingerprint density at radius 1 is 1.16 bits per heavy atom. The molecule has 0 saturated carbocycles. The zero-order valence-corrected chi connectivity index (χ0v) is 19.4. The number of carbonyl (C=O) groups excluding carboxylic acids is 1. The van der Waals surface area contributed by atoms with E-state index in [0.717, 1.165) is 63.6 Å². The SMILES string of the molecule is Cc1cc(C(=O)N2CCC3(CCN(Cc4ccccc4OCC(C)C)C3)CC2)nn1C. The lowest BCUT2D eigenvalue weighted by molar-refractivity contribution is 0.0581. The van der Waals surface area contributed by atoms with Crippen molar-refractivity contribution in [2.24, 2.45) is 18.4 Å². The fourth-order valence-electron chi connectivity index (χ4n) is 4.85. The largest absolute Gasteiger partial charge is 0.493 e. The predicted molar refractivity (Wildman–Crippen MR) is 122 cm³/mol. The Balaban J connectivity index is 1.33. The number of hydrogen-bond acceptors (Lipinski definition) is 4. The Morgan fingerprint density at radius 2 is 1.87 bits per heavy atom. The van der Waals surface area contributed by atoms with E-state index in [1.807, 2.05) is 24.9 Å². The van der Waals surface area contributed by atoms with Crippen LogP contribution >= 0.6 is 0 Å². The number of amides is 1. The van der Waals surface area contributed by atoms with Crippen LogP contribution in [-0.2, 0) is 13.6 Å². The van der Waals surface area contributed by atoms with Crippen LogP contribution in [0.5, 0.6) is 5.75 Å². The summed E-state index contributed by atoms with van der Waals surface area (Å²) in [5.41, 5.74) is 3.20. The second-order valence-electron chi connectivity index (χ2n) is 9.86. The van der Waals surface area contributed by atoms with E-state index < -0.39 is 0 Å². The first-order valence-corrected chi connectivity index (χ1v) is 11.6. The van der Waals surface area contributed by atoms with E-state index in [9.17, 15) is 4.79 Å². The van der Waals surface area contributed by atoms with Gasteiger partial charge in [0.2, 0.25) is 0 Å². The summed E-state index contributed by atoms with van der Waals surface area (Å²) >= 11 is 0. The zero-order valence-electron chi connectivity index (χ0n) is 19.4. The molecule has 0 unspecified atom stereocenters. The highest BCUT2D eigenvalue weighted by Crippen LogP contribution is 2.41. The number of rotatable bonds is 6. The Bertz CT molecular complexity index is 892. The first-order valence-electron chi connectivity index (χ1n) is 11.6. The van der Waals surface area contributed by atoms with Crippen molar-refractivity contribution in [3.63, 3.8) is 0 Å². The summed E-state index contributed by atoms with van der Waals surface area (Å²) < 4.78 is 7.83. The van der Waals surface area contributed by atoms with Crippen molar-refractivity contribution in [1.82, 2.24) is 19.6 Å². The number of ether oxygens (including phenoxy) is 1. The number of piperidine rings is 1. The molecule has 168 valence electrons. The molecular formula is C25H36N4O2. The summed E-state index contributed by atoms with van der Waals surface area (Å²) in [6.45, 7) is 11.9. The third-order valence-electron chi connectivity index (χ3n) is 6.90. The highest BCUT2D eigenvalue weighted by atomic mass is 16.5. The molecule has 3 heterocycles. The normalized spacial score (nSPS) is 18.8. The van der Waals surface area contributed by atoms with Crippen LogP contribution in [-0.4, -0.2) is 58.3 Å². The van der Waals surface area contributed by atoms with Gasteiger partial charge < -0.3 is 9.64 Å². The van der Waals surface area contributed by atoms with E-state index in [0.29, 0.717) is 17.0 Å². The fraction of sp³-hybridized carbons (Fsp3) is 0.600. The van der Waals surface area contributed by atoms with Crippen LogP contribution in [0.1, 0.15) is 54.9 Å². The van der Waals surface area contributed by atoms with Gasteiger partial charge in [0.25, 0.3) is 5.91 Å². The van der Waals surface area contributed by atoms with Crippen LogP contribution in [0, 0.1) is 18.3 Å². The highest BCUT2D eigenvalue weighted by Gasteiger charge is 2.41. The van der Waals surface area contributed by atoms with Crippen LogP contribution in [0.25, 0.3) is 0 Å². The lowest BCUT2D eigenvalue weighted by Gasteiger charge is -2.39. The Labute approximate surface area is 186 Å². The van der Waals surface area contributed by atoms with E-state index in [1.54, 1.807) is 4.68 Å². The van der Waals surface area contributed by atoms with Gasteiger partial charge >= 0.3 is 0 Å². The maximum absolute atomic E-state index is 12.8. The molecule has 0 atom stereocenters. The lowest BCUT2D eigenvalue weighted by Crippen LogP contribution is -2.44. The minimum Gasteiger partial charge on any atom is -0.493 e. The number of para-hydroxylation sites is 1. The van der Waals surface area contributed by atoms with Crippen molar-refractivity contribution >= 4 is 5.91 Å². The van der Waals surface area contributed by atoms with Crippen LogP contribution in [0.4, 0.5) is 0 Å². The van der Waals surface area contributed by atoms with Gasteiger partial charge in [-0.25, -0.2) is 0 Å². The van der Waals surface area contributed by atoms with Gasteiger partial charge in [-0.05, 0) is 56.2 Å². The number of nitrogens with zero attached hydrogens (tertiary/aromatic N) is 4. The van der Waals surface area contributed by atoms with Crippen molar-refractivity contribution in [3.8, 4) is 5.75 Å². The zero-order chi connectivity index (χ0) is 22.0. The fourth-order valence-corrected chi connectivity index (χ4v) is 4.85. The molecule has 1 amide bonds. The molecule has 2 fully saturated rings. The molecule has 1 spiro atoms. The topological polar surface area (TPSA) is 50.6 Å². The van der Waals surface area contributed by atoms with E-state index >= 15 is 0 Å². The second kappa shape index (κ2) is 9.03. The molecule has 0 bridgehead atoms. The maximum Gasteiger partial charge on any atom is 0.274 e. The summed E-state index contributed by atoms with van der Waals surface area (Å²) in [5, 5.41) is 4.37. The van der Waals surface area contributed by atoms with Crippen LogP contribution in [0.3, 0.4) is 0 Å². The molecule has 2 aliphatic heterocycles. The molecule has 0 N–H and O–H groups in total. The molecule has 2 aromatic rings. The molecule has 1 aromatic carbocycles. The van der Waals surface area contributed by atoms with Gasteiger partial charge in [0.05, 0.1) is 6.61 Å². The Morgan fingerprint density at radius 3 is 2.55 bits per heavy atom. The van der Waals surface area contributed by atoms with Gasteiger partial charge in [-0.2, -0.15) is 5.10 Å². The molecule has 0 radical (unpaired) electrons. The van der Waals surface area contributed by atoms with E-state index in [4.69, 9.17) is 4.74 Å². The molecule has 6 heteroatoms. The molecular weight excluding hydrogens is 388 g/mol. The Kier molecular flexibility index (Phi) is 6.37. The molecule has 2 aliphatic rings. The quantitative estimate of drug-likeness (QED) is 0.706. The van der Waals surface area contributed by atoms with Crippen LogP contribution in [0.2, 0.25) is 0 Å². The van der Waals surface area contributed by atoms with Crippen molar-refractivity contribution in [3.05, 3.63) is 47.3 Å².